The SMILES string of the molecule is O=C(NCc1ccccc1)c1ccc(C(O)(C(F)(F)F)C(F)(F)F)cc1. The summed E-state index contributed by atoms with van der Waals surface area (Å²) < 4.78 is 76.8. The molecule has 2 N–H and O–H groups in total. The summed E-state index contributed by atoms with van der Waals surface area (Å²) in [6.07, 6.45) is -11.9. The van der Waals surface area contributed by atoms with Gasteiger partial charge in [0.05, 0.1) is 0 Å². The van der Waals surface area contributed by atoms with Gasteiger partial charge in [0.15, 0.2) is 0 Å². The first-order valence-electron chi connectivity index (χ1n) is 7.25. The van der Waals surface area contributed by atoms with Crippen LogP contribution in [0.4, 0.5) is 26.3 Å². The maximum absolute atomic E-state index is 12.8. The van der Waals surface area contributed by atoms with E-state index in [-0.39, 0.29) is 12.1 Å². The van der Waals surface area contributed by atoms with Crippen molar-refractivity contribution in [3.8, 4) is 0 Å². The van der Waals surface area contributed by atoms with Crippen LogP contribution in [0.25, 0.3) is 0 Å². The number of benzene rings is 2. The minimum Gasteiger partial charge on any atom is -0.369 e. The molecule has 140 valence electrons. The number of amides is 1. The fourth-order valence-corrected chi connectivity index (χ4v) is 2.23. The van der Waals surface area contributed by atoms with Crippen LogP contribution >= 0.6 is 0 Å². The van der Waals surface area contributed by atoms with Gasteiger partial charge in [0.1, 0.15) is 0 Å². The van der Waals surface area contributed by atoms with Gasteiger partial charge in [-0.25, -0.2) is 0 Å². The first kappa shape index (κ1) is 19.8. The van der Waals surface area contributed by atoms with E-state index in [2.05, 4.69) is 5.32 Å². The highest BCUT2D eigenvalue weighted by Crippen LogP contribution is 2.49. The minimum absolute atomic E-state index is 0.135. The molecule has 0 aliphatic rings. The molecule has 0 aromatic heterocycles. The molecule has 0 bridgehead atoms. The van der Waals surface area contributed by atoms with Gasteiger partial charge < -0.3 is 10.4 Å². The second-order valence-electron chi connectivity index (χ2n) is 5.45. The van der Waals surface area contributed by atoms with E-state index in [0.717, 1.165) is 17.7 Å². The summed E-state index contributed by atoms with van der Waals surface area (Å²) in [5.74, 6) is -0.678. The van der Waals surface area contributed by atoms with Gasteiger partial charge in [0, 0.05) is 17.7 Å². The number of carbonyl (C=O) groups is 1. The van der Waals surface area contributed by atoms with Crippen molar-refractivity contribution in [2.24, 2.45) is 0 Å². The molecule has 26 heavy (non-hydrogen) atoms. The fourth-order valence-electron chi connectivity index (χ4n) is 2.23. The third kappa shape index (κ3) is 3.82. The lowest BCUT2D eigenvalue weighted by atomic mass is 9.91. The average molecular weight is 377 g/mol. The second kappa shape index (κ2) is 6.99. The summed E-state index contributed by atoms with van der Waals surface area (Å²) in [7, 11) is 0. The standard InChI is InChI=1S/C17H13F6NO2/c18-16(19,20)15(26,17(21,22)23)13-8-6-12(7-9-13)14(25)24-10-11-4-2-1-3-5-11/h1-9,26H,10H2,(H,24,25). The van der Waals surface area contributed by atoms with Crippen LogP contribution in [0.1, 0.15) is 21.5 Å². The largest absolute Gasteiger partial charge is 0.430 e. The lowest BCUT2D eigenvalue weighted by Crippen LogP contribution is -2.53. The number of carbonyl (C=O) groups excluding carboxylic acids is 1. The van der Waals surface area contributed by atoms with Crippen molar-refractivity contribution in [3.05, 3.63) is 71.3 Å². The fraction of sp³-hybridized carbons (Fsp3) is 0.235. The molecule has 1 amide bonds. The van der Waals surface area contributed by atoms with Gasteiger partial charge in [-0.3, -0.25) is 4.79 Å². The van der Waals surface area contributed by atoms with E-state index in [9.17, 15) is 36.2 Å². The zero-order valence-electron chi connectivity index (χ0n) is 13.0. The number of nitrogens with one attached hydrogen (secondary N) is 1. The highest BCUT2D eigenvalue weighted by Gasteiger charge is 2.71. The van der Waals surface area contributed by atoms with Gasteiger partial charge in [-0.2, -0.15) is 26.3 Å². The summed E-state index contributed by atoms with van der Waals surface area (Å²) in [5, 5.41) is 11.8. The minimum atomic E-state index is -5.97. The Morgan fingerprint density at radius 1 is 0.846 bits per heavy atom. The quantitative estimate of drug-likeness (QED) is 0.794. The molecule has 0 aliphatic carbocycles. The molecular formula is C17H13F6NO2. The third-order valence-electron chi connectivity index (χ3n) is 3.68. The van der Waals surface area contributed by atoms with E-state index < -0.39 is 29.4 Å². The van der Waals surface area contributed by atoms with Crippen LogP contribution in [0.15, 0.2) is 54.6 Å². The van der Waals surface area contributed by atoms with Crippen molar-refractivity contribution in [2.45, 2.75) is 24.5 Å². The average Bonchev–Trinajstić information content (AvgIpc) is 2.58. The van der Waals surface area contributed by atoms with Crippen LogP contribution in [-0.2, 0) is 12.1 Å². The molecule has 0 unspecified atom stereocenters. The number of hydrogen-bond acceptors (Lipinski definition) is 2. The predicted octanol–water partition coefficient (Wildman–Crippen LogP) is 3.93. The number of rotatable bonds is 4. The Morgan fingerprint density at radius 3 is 1.81 bits per heavy atom. The van der Waals surface area contributed by atoms with Gasteiger partial charge in [0.2, 0.25) is 0 Å². The van der Waals surface area contributed by atoms with E-state index in [1.165, 1.54) is 0 Å². The van der Waals surface area contributed by atoms with Crippen molar-refractivity contribution in [3.63, 3.8) is 0 Å². The number of aliphatic hydroxyl groups is 1. The van der Waals surface area contributed by atoms with Crippen molar-refractivity contribution in [1.82, 2.24) is 5.32 Å². The van der Waals surface area contributed by atoms with E-state index in [4.69, 9.17) is 0 Å². The van der Waals surface area contributed by atoms with Crippen LogP contribution in [-0.4, -0.2) is 23.4 Å². The summed E-state index contributed by atoms with van der Waals surface area (Å²) in [5.41, 5.74) is -5.81. The zero-order valence-corrected chi connectivity index (χ0v) is 13.0. The lowest BCUT2D eigenvalue weighted by molar-refractivity contribution is -0.376. The molecule has 3 nitrogen and oxygen atoms in total. The van der Waals surface area contributed by atoms with Gasteiger partial charge in [-0.15, -0.1) is 0 Å². The molecule has 0 heterocycles. The zero-order chi connectivity index (χ0) is 19.6. The number of halogens is 6. The smallest absolute Gasteiger partial charge is 0.369 e. The Morgan fingerprint density at radius 2 is 1.35 bits per heavy atom. The molecule has 0 saturated carbocycles. The molecule has 0 fully saturated rings. The highest BCUT2D eigenvalue weighted by molar-refractivity contribution is 5.94. The van der Waals surface area contributed by atoms with Crippen LogP contribution in [0.2, 0.25) is 0 Å². The van der Waals surface area contributed by atoms with Crippen LogP contribution in [0.3, 0.4) is 0 Å². The topological polar surface area (TPSA) is 49.3 Å². The molecule has 0 saturated heterocycles. The first-order chi connectivity index (χ1) is 12.0. The van der Waals surface area contributed by atoms with Gasteiger partial charge >= 0.3 is 12.4 Å². The highest BCUT2D eigenvalue weighted by atomic mass is 19.4. The third-order valence-corrected chi connectivity index (χ3v) is 3.68. The summed E-state index contributed by atoms with van der Waals surface area (Å²) in [6, 6.07) is 11.2. The summed E-state index contributed by atoms with van der Waals surface area (Å²) in [6.45, 7) is 0.135. The maximum atomic E-state index is 12.8. The molecule has 9 heteroatoms. The number of hydrogen-bond donors (Lipinski definition) is 2. The first-order valence-corrected chi connectivity index (χ1v) is 7.25. The van der Waals surface area contributed by atoms with E-state index >= 15 is 0 Å². The van der Waals surface area contributed by atoms with Crippen LogP contribution < -0.4 is 5.32 Å². The Kier molecular flexibility index (Phi) is 5.31. The van der Waals surface area contributed by atoms with E-state index in [1.54, 1.807) is 30.3 Å². The molecule has 0 radical (unpaired) electrons. The van der Waals surface area contributed by atoms with Crippen molar-refractivity contribution in [2.75, 3.05) is 0 Å². The predicted molar refractivity (Wildman–Crippen MR) is 80.1 cm³/mol. The van der Waals surface area contributed by atoms with Gasteiger partial charge in [-0.05, 0) is 17.7 Å². The summed E-state index contributed by atoms with van der Waals surface area (Å²) in [4.78, 5) is 12.0. The normalized spacial score (nSPS) is 12.7. The van der Waals surface area contributed by atoms with E-state index in [1.807, 2.05) is 0 Å². The maximum Gasteiger partial charge on any atom is 0.430 e. The molecule has 0 aliphatic heterocycles. The summed E-state index contributed by atoms with van der Waals surface area (Å²) >= 11 is 0. The molecule has 2 aromatic rings. The monoisotopic (exact) mass is 377 g/mol. The molecule has 2 rings (SSSR count). The Labute approximate surface area is 144 Å². The van der Waals surface area contributed by atoms with E-state index in [0.29, 0.717) is 12.1 Å². The van der Waals surface area contributed by atoms with Crippen molar-refractivity contribution >= 4 is 5.91 Å². The van der Waals surface area contributed by atoms with Crippen molar-refractivity contribution in [1.29, 1.82) is 0 Å². The van der Waals surface area contributed by atoms with Gasteiger partial charge in [0.25, 0.3) is 11.5 Å². The molecule has 0 atom stereocenters. The van der Waals surface area contributed by atoms with Gasteiger partial charge in [-0.1, -0.05) is 42.5 Å². The molecule has 2 aromatic carbocycles. The Balaban J connectivity index is 2.20. The molecule has 0 spiro atoms. The van der Waals surface area contributed by atoms with Crippen molar-refractivity contribution < 1.29 is 36.2 Å². The van der Waals surface area contributed by atoms with Crippen LogP contribution in [0, 0.1) is 0 Å². The van der Waals surface area contributed by atoms with Crippen LogP contribution in [0.5, 0.6) is 0 Å². The Hall–Kier alpha value is -2.55. The second-order valence-corrected chi connectivity index (χ2v) is 5.45. The Bertz CT molecular complexity index is 740. The molecular weight excluding hydrogens is 364 g/mol. The number of alkyl halides is 6. The lowest BCUT2D eigenvalue weighted by Gasteiger charge is -2.32.